The van der Waals surface area contributed by atoms with Crippen molar-refractivity contribution < 1.29 is 28.7 Å². The first-order valence-corrected chi connectivity index (χ1v) is 15.0. The molecule has 2 aliphatic carbocycles. The highest BCUT2D eigenvalue weighted by molar-refractivity contribution is 6.37. The smallest absolute Gasteiger partial charge is 0.306 e. The van der Waals surface area contributed by atoms with E-state index in [9.17, 15) is 24.0 Å². The number of amides is 1. The van der Waals surface area contributed by atoms with Crippen LogP contribution in [-0.4, -0.2) is 52.8 Å². The molecule has 1 heterocycles. The van der Waals surface area contributed by atoms with Crippen molar-refractivity contribution in [3.8, 4) is 0 Å². The van der Waals surface area contributed by atoms with E-state index in [1.54, 1.807) is 11.0 Å². The molecule has 2 saturated carbocycles. The van der Waals surface area contributed by atoms with Gasteiger partial charge in [0.15, 0.2) is 11.6 Å². The molecule has 3 fully saturated rings. The lowest BCUT2D eigenvalue weighted by Gasteiger charge is -2.36. The molecule has 0 aromatic rings. The lowest BCUT2D eigenvalue weighted by molar-refractivity contribution is -0.157. The van der Waals surface area contributed by atoms with E-state index in [1.165, 1.54) is 6.92 Å². The fourth-order valence-electron chi connectivity index (χ4n) is 6.95. The van der Waals surface area contributed by atoms with E-state index in [0.717, 1.165) is 32.1 Å². The minimum absolute atomic E-state index is 0.0290. The second kappa shape index (κ2) is 12.9. The number of hydrogen-bond donors (Lipinski definition) is 0. The van der Waals surface area contributed by atoms with Crippen LogP contribution in [0.4, 0.5) is 0 Å². The number of ketones is 3. The Labute approximate surface area is 234 Å². The normalized spacial score (nSPS) is 26.3. The monoisotopic (exact) mass is 543 g/mol. The number of ether oxygens (including phenoxy) is 1. The zero-order valence-corrected chi connectivity index (χ0v) is 24.9. The predicted molar refractivity (Wildman–Crippen MR) is 150 cm³/mol. The molecule has 7 nitrogen and oxygen atoms in total. The van der Waals surface area contributed by atoms with Crippen molar-refractivity contribution in [1.82, 2.24) is 4.90 Å². The van der Waals surface area contributed by atoms with Gasteiger partial charge in [0.25, 0.3) is 0 Å². The van der Waals surface area contributed by atoms with Crippen molar-refractivity contribution in [3.05, 3.63) is 12.7 Å². The van der Waals surface area contributed by atoms with Gasteiger partial charge in [0.05, 0.1) is 18.4 Å². The van der Waals surface area contributed by atoms with Crippen LogP contribution >= 0.6 is 0 Å². The van der Waals surface area contributed by atoms with Gasteiger partial charge < -0.3 is 9.64 Å². The number of fused-ring (bicyclic) bond motifs is 1. The number of hydrogen-bond acceptors (Lipinski definition) is 6. The summed E-state index contributed by atoms with van der Waals surface area (Å²) < 4.78 is 5.67. The highest BCUT2D eigenvalue weighted by atomic mass is 16.5. The third kappa shape index (κ3) is 7.07. The van der Waals surface area contributed by atoms with Crippen molar-refractivity contribution in [2.24, 2.45) is 40.9 Å². The Morgan fingerprint density at radius 1 is 1.03 bits per heavy atom. The van der Waals surface area contributed by atoms with Crippen molar-refractivity contribution in [2.75, 3.05) is 6.54 Å². The quantitative estimate of drug-likeness (QED) is 0.167. The van der Waals surface area contributed by atoms with Crippen LogP contribution in [-0.2, 0) is 28.7 Å². The lowest BCUT2D eigenvalue weighted by atomic mass is 9.77. The Morgan fingerprint density at radius 2 is 1.67 bits per heavy atom. The summed E-state index contributed by atoms with van der Waals surface area (Å²) >= 11 is 0. The van der Waals surface area contributed by atoms with Gasteiger partial charge in [-0.25, -0.2) is 0 Å². The summed E-state index contributed by atoms with van der Waals surface area (Å²) in [6, 6.07) is -0.625. The van der Waals surface area contributed by atoms with E-state index in [0.29, 0.717) is 19.4 Å². The summed E-state index contributed by atoms with van der Waals surface area (Å²) in [5.74, 6) is -2.41. The summed E-state index contributed by atoms with van der Waals surface area (Å²) in [5.41, 5.74) is -0.0652. The lowest BCUT2D eigenvalue weighted by Crippen LogP contribution is -2.50. The molecular formula is C32H49NO6. The third-order valence-corrected chi connectivity index (χ3v) is 9.88. The Bertz CT molecular complexity index is 962. The van der Waals surface area contributed by atoms with Crippen LogP contribution in [0.3, 0.4) is 0 Å². The number of Topliss-reactive ketones (excluding diaryl/α,β-unsaturated/α-hetero) is 3. The largest absolute Gasteiger partial charge is 0.462 e. The van der Waals surface area contributed by atoms with Gasteiger partial charge in [0.2, 0.25) is 11.7 Å². The van der Waals surface area contributed by atoms with Crippen molar-refractivity contribution in [2.45, 2.75) is 111 Å². The fourth-order valence-corrected chi connectivity index (χ4v) is 6.95. The van der Waals surface area contributed by atoms with Gasteiger partial charge in [-0.2, -0.15) is 0 Å². The summed E-state index contributed by atoms with van der Waals surface area (Å²) in [6.45, 7) is 15.6. The summed E-state index contributed by atoms with van der Waals surface area (Å²) in [7, 11) is 0. The molecule has 4 unspecified atom stereocenters. The highest BCUT2D eigenvalue weighted by Gasteiger charge is 2.69. The molecule has 0 aromatic carbocycles. The fraction of sp³-hybridized carbons (Fsp3) is 0.781. The summed E-state index contributed by atoms with van der Waals surface area (Å²) in [6.07, 6.45) is 7.32. The minimum atomic E-state index is -0.701. The molecule has 0 N–H and O–H groups in total. The first kappa shape index (κ1) is 31.2. The Morgan fingerprint density at radius 3 is 2.23 bits per heavy atom. The van der Waals surface area contributed by atoms with E-state index in [4.69, 9.17) is 4.74 Å². The first-order valence-electron chi connectivity index (χ1n) is 15.0. The van der Waals surface area contributed by atoms with Crippen molar-refractivity contribution >= 4 is 29.2 Å². The van der Waals surface area contributed by atoms with Crippen LogP contribution < -0.4 is 0 Å². The highest BCUT2D eigenvalue weighted by Crippen LogP contribution is 2.65. The number of carbonyl (C=O) groups excluding carboxylic acids is 5. The van der Waals surface area contributed by atoms with Crippen molar-refractivity contribution in [1.29, 1.82) is 0 Å². The molecule has 3 aliphatic rings. The van der Waals surface area contributed by atoms with Gasteiger partial charge in [0.1, 0.15) is 6.10 Å². The SMILES string of the molecule is C=CCCC(CC(=O)[C@@H]1C2C(CN1C(=O)[C@@H](CC(=O)OC(C)C(C)C)C1CCCCC1)C2(C)C)C(=O)C(C)=O. The molecule has 0 spiro atoms. The zero-order valence-electron chi connectivity index (χ0n) is 24.9. The molecule has 6 atom stereocenters. The number of piperidine rings is 1. The molecule has 7 heteroatoms. The predicted octanol–water partition coefficient (Wildman–Crippen LogP) is 5.34. The van der Waals surface area contributed by atoms with E-state index in [1.807, 2.05) is 20.8 Å². The second-order valence-electron chi connectivity index (χ2n) is 13.2. The summed E-state index contributed by atoms with van der Waals surface area (Å²) in [4.78, 5) is 67.3. The molecule has 3 rings (SSSR count). The number of likely N-dealkylation sites (tertiary alicyclic amines) is 1. The molecule has 0 bridgehead atoms. The molecule has 1 aliphatic heterocycles. The van der Waals surface area contributed by atoms with Gasteiger partial charge in [-0.1, -0.05) is 53.0 Å². The molecule has 39 heavy (non-hydrogen) atoms. The molecule has 0 aromatic heterocycles. The standard InChI is InChI=1S/C32H49NO6/c1-8-9-13-23(30(37)20(4)34)16-26(35)29-28-25(32(28,6)7)18-33(29)31(38)24(22-14-11-10-12-15-22)17-27(36)39-21(5)19(2)3/h8,19,21-25,28-29H,1,9-18H2,2-7H3/t21?,23?,24-,25?,28?,29+/m0/s1. The molecule has 0 radical (unpaired) electrons. The van der Waals surface area contributed by atoms with Gasteiger partial charge in [-0.3, -0.25) is 24.0 Å². The number of allylic oxidation sites excluding steroid dienone is 1. The molecule has 1 amide bonds. The zero-order chi connectivity index (χ0) is 29.1. The number of nitrogens with zero attached hydrogens (tertiary/aromatic N) is 1. The molecular weight excluding hydrogens is 494 g/mol. The molecule has 1 saturated heterocycles. The maximum Gasteiger partial charge on any atom is 0.306 e. The number of carbonyl (C=O) groups is 5. The van der Waals surface area contributed by atoms with Crippen LogP contribution in [0.15, 0.2) is 12.7 Å². The van der Waals surface area contributed by atoms with Gasteiger partial charge in [-0.05, 0) is 61.7 Å². The molecule has 218 valence electrons. The van der Waals surface area contributed by atoms with Gasteiger partial charge in [-0.15, -0.1) is 6.58 Å². The van der Waals surface area contributed by atoms with Crippen LogP contribution in [0.25, 0.3) is 0 Å². The Balaban J connectivity index is 1.84. The van der Waals surface area contributed by atoms with E-state index >= 15 is 0 Å². The van der Waals surface area contributed by atoms with E-state index in [-0.39, 0.29) is 65.7 Å². The maximum absolute atomic E-state index is 14.2. The number of esters is 1. The average Bonchev–Trinajstić information content (AvgIpc) is 3.21. The topological polar surface area (TPSA) is 97.8 Å². The van der Waals surface area contributed by atoms with Gasteiger partial charge >= 0.3 is 5.97 Å². The van der Waals surface area contributed by atoms with E-state index in [2.05, 4.69) is 20.4 Å². The van der Waals surface area contributed by atoms with Crippen LogP contribution in [0.1, 0.15) is 99.3 Å². The summed E-state index contributed by atoms with van der Waals surface area (Å²) in [5, 5.41) is 0. The van der Waals surface area contributed by atoms with Crippen molar-refractivity contribution in [3.63, 3.8) is 0 Å². The van der Waals surface area contributed by atoms with Crippen LogP contribution in [0.5, 0.6) is 0 Å². The minimum Gasteiger partial charge on any atom is -0.462 e. The second-order valence-corrected chi connectivity index (χ2v) is 13.2. The van der Waals surface area contributed by atoms with Crippen LogP contribution in [0.2, 0.25) is 0 Å². The Hall–Kier alpha value is -2.31. The van der Waals surface area contributed by atoms with Crippen LogP contribution in [0, 0.1) is 40.9 Å². The van der Waals surface area contributed by atoms with Gasteiger partial charge in [0, 0.05) is 25.8 Å². The Kier molecular flexibility index (Phi) is 10.3. The number of rotatable bonds is 14. The third-order valence-electron chi connectivity index (χ3n) is 9.88. The first-order chi connectivity index (χ1) is 18.3. The maximum atomic E-state index is 14.2. The average molecular weight is 544 g/mol. The van der Waals surface area contributed by atoms with E-state index < -0.39 is 29.4 Å².